The van der Waals surface area contributed by atoms with Gasteiger partial charge in [0.2, 0.25) is 0 Å². The van der Waals surface area contributed by atoms with Crippen molar-refractivity contribution in [2.24, 2.45) is 11.3 Å². The van der Waals surface area contributed by atoms with Crippen molar-refractivity contribution in [3.8, 4) is 0 Å². The number of rotatable bonds is 4. The Hall–Kier alpha value is -0.900. The first-order valence-electron chi connectivity index (χ1n) is 6.43. The molecule has 2 nitrogen and oxygen atoms in total. The molecule has 18 heavy (non-hydrogen) atoms. The standard InChI is InChI=1S/C15H22N2S/c1-15(2,3)9-8-13(17-16)12-10-18-14-7-5-4-6-11(12)14/h4-7,10,13,17H,8-9,16H2,1-3H3. The van der Waals surface area contributed by atoms with E-state index in [0.29, 0.717) is 5.41 Å². The number of benzene rings is 1. The fourth-order valence-electron chi connectivity index (χ4n) is 2.17. The summed E-state index contributed by atoms with van der Waals surface area (Å²) in [6.45, 7) is 6.81. The van der Waals surface area contributed by atoms with Gasteiger partial charge in [-0.1, -0.05) is 39.0 Å². The van der Waals surface area contributed by atoms with Crippen molar-refractivity contribution >= 4 is 21.4 Å². The molecule has 3 heteroatoms. The first-order valence-corrected chi connectivity index (χ1v) is 7.31. The van der Waals surface area contributed by atoms with Crippen LogP contribution >= 0.6 is 11.3 Å². The van der Waals surface area contributed by atoms with E-state index in [1.54, 1.807) is 11.3 Å². The Labute approximate surface area is 113 Å². The topological polar surface area (TPSA) is 38.0 Å². The lowest BCUT2D eigenvalue weighted by Gasteiger charge is -2.22. The van der Waals surface area contributed by atoms with E-state index in [-0.39, 0.29) is 6.04 Å². The van der Waals surface area contributed by atoms with Gasteiger partial charge in [-0.3, -0.25) is 11.3 Å². The molecule has 0 radical (unpaired) electrons. The molecule has 0 aliphatic carbocycles. The number of nitrogens with one attached hydrogen (secondary N) is 1. The lowest BCUT2D eigenvalue weighted by Crippen LogP contribution is -2.28. The summed E-state index contributed by atoms with van der Waals surface area (Å²) in [5, 5.41) is 3.57. The largest absolute Gasteiger partial charge is 0.271 e. The molecule has 98 valence electrons. The summed E-state index contributed by atoms with van der Waals surface area (Å²) in [5.74, 6) is 5.74. The molecule has 0 saturated heterocycles. The normalized spacial score (nSPS) is 14.0. The minimum Gasteiger partial charge on any atom is -0.271 e. The second kappa shape index (κ2) is 5.39. The Kier molecular flexibility index (Phi) is 4.05. The summed E-state index contributed by atoms with van der Waals surface area (Å²) in [7, 11) is 0. The molecule has 1 aromatic heterocycles. The third-order valence-corrected chi connectivity index (χ3v) is 4.25. The van der Waals surface area contributed by atoms with Crippen LogP contribution < -0.4 is 11.3 Å². The number of thiophene rings is 1. The molecule has 1 heterocycles. The average molecular weight is 262 g/mol. The van der Waals surface area contributed by atoms with Gasteiger partial charge < -0.3 is 0 Å². The second-order valence-corrected chi connectivity index (χ2v) is 6.92. The third kappa shape index (κ3) is 3.10. The summed E-state index contributed by atoms with van der Waals surface area (Å²) in [4.78, 5) is 0. The predicted molar refractivity (Wildman–Crippen MR) is 80.6 cm³/mol. The summed E-state index contributed by atoms with van der Waals surface area (Å²) >= 11 is 1.80. The van der Waals surface area contributed by atoms with Gasteiger partial charge in [-0.15, -0.1) is 11.3 Å². The monoisotopic (exact) mass is 262 g/mol. The highest BCUT2D eigenvalue weighted by Crippen LogP contribution is 2.34. The second-order valence-electron chi connectivity index (χ2n) is 6.01. The highest BCUT2D eigenvalue weighted by atomic mass is 32.1. The quantitative estimate of drug-likeness (QED) is 0.639. The van der Waals surface area contributed by atoms with Crippen LogP contribution in [0, 0.1) is 5.41 Å². The maximum Gasteiger partial charge on any atom is 0.0474 e. The van der Waals surface area contributed by atoms with E-state index < -0.39 is 0 Å². The smallest absolute Gasteiger partial charge is 0.0474 e. The predicted octanol–water partition coefficient (Wildman–Crippen LogP) is 4.23. The van der Waals surface area contributed by atoms with E-state index in [9.17, 15) is 0 Å². The summed E-state index contributed by atoms with van der Waals surface area (Å²) in [5.41, 5.74) is 4.66. The molecule has 0 spiro atoms. The van der Waals surface area contributed by atoms with Crippen LogP contribution in [0.5, 0.6) is 0 Å². The van der Waals surface area contributed by atoms with Crippen LogP contribution in [0.1, 0.15) is 45.2 Å². The summed E-state index contributed by atoms with van der Waals surface area (Å²) in [6.07, 6.45) is 2.23. The van der Waals surface area contributed by atoms with Crippen LogP contribution in [0.2, 0.25) is 0 Å². The van der Waals surface area contributed by atoms with Crippen LogP contribution in [-0.2, 0) is 0 Å². The van der Waals surface area contributed by atoms with Crippen LogP contribution in [0.4, 0.5) is 0 Å². The number of fused-ring (bicyclic) bond motifs is 1. The third-order valence-electron chi connectivity index (χ3n) is 3.27. The average Bonchev–Trinajstić information content (AvgIpc) is 2.73. The van der Waals surface area contributed by atoms with Crippen LogP contribution in [-0.4, -0.2) is 0 Å². The van der Waals surface area contributed by atoms with Gasteiger partial charge in [0.25, 0.3) is 0 Å². The van der Waals surface area contributed by atoms with E-state index in [2.05, 4.69) is 55.8 Å². The minimum absolute atomic E-state index is 0.250. The van der Waals surface area contributed by atoms with Crippen molar-refractivity contribution in [3.05, 3.63) is 35.2 Å². The summed E-state index contributed by atoms with van der Waals surface area (Å²) < 4.78 is 1.34. The van der Waals surface area contributed by atoms with Crippen molar-refractivity contribution in [2.75, 3.05) is 0 Å². The molecule has 2 rings (SSSR count). The Morgan fingerprint density at radius 1 is 1.28 bits per heavy atom. The van der Waals surface area contributed by atoms with Gasteiger partial charge in [0.15, 0.2) is 0 Å². The van der Waals surface area contributed by atoms with E-state index in [1.165, 1.54) is 15.6 Å². The zero-order valence-corrected chi connectivity index (χ0v) is 12.2. The molecule has 1 unspecified atom stereocenters. The molecular formula is C15H22N2S. The molecule has 0 aliphatic heterocycles. The van der Waals surface area contributed by atoms with Crippen molar-refractivity contribution in [2.45, 2.75) is 39.7 Å². The van der Waals surface area contributed by atoms with Gasteiger partial charge >= 0.3 is 0 Å². The molecule has 0 amide bonds. The maximum atomic E-state index is 5.74. The van der Waals surface area contributed by atoms with E-state index >= 15 is 0 Å². The first kappa shape index (κ1) is 13.5. The molecular weight excluding hydrogens is 240 g/mol. The Balaban J connectivity index is 2.22. The molecule has 3 N–H and O–H groups in total. The van der Waals surface area contributed by atoms with Crippen LogP contribution in [0.15, 0.2) is 29.6 Å². The van der Waals surface area contributed by atoms with Gasteiger partial charge in [-0.05, 0) is 40.7 Å². The fourth-order valence-corrected chi connectivity index (χ4v) is 3.19. The minimum atomic E-state index is 0.250. The molecule has 2 aromatic rings. The summed E-state index contributed by atoms with van der Waals surface area (Å²) in [6, 6.07) is 8.78. The molecule has 0 saturated carbocycles. The highest BCUT2D eigenvalue weighted by molar-refractivity contribution is 7.17. The fraction of sp³-hybridized carbons (Fsp3) is 0.467. The number of hydrazine groups is 1. The van der Waals surface area contributed by atoms with Gasteiger partial charge in [0.1, 0.15) is 0 Å². The Morgan fingerprint density at radius 2 is 2.00 bits per heavy atom. The van der Waals surface area contributed by atoms with Crippen molar-refractivity contribution in [1.82, 2.24) is 5.43 Å². The molecule has 1 atom stereocenters. The highest BCUT2D eigenvalue weighted by Gasteiger charge is 2.18. The van der Waals surface area contributed by atoms with Gasteiger partial charge in [0, 0.05) is 10.7 Å². The van der Waals surface area contributed by atoms with Crippen LogP contribution in [0.25, 0.3) is 10.1 Å². The Bertz CT molecular complexity index is 510. The van der Waals surface area contributed by atoms with Gasteiger partial charge in [-0.2, -0.15) is 0 Å². The molecule has 1 aromatic carbocycles. The molecule has 0 bridgehead atoms. The zero-order valence-electron chi connectivity index (χ0n) is 11.4. The number of nitrogens with two attached hydrogens (primary N) is 1. The van der Waals surface area contributed by atoms with Gasteiger partial charge in [0.05, 0.1) is 0 Å². The van der Waals surface area contributed by atoms with Crippen molar-refractivity contribution < 1.29 is 0 Å². The first-order chi connectivity index (χ1) is 8.51. The number of hydrogen-bond donors (Lipinski definition) is 2. The lowest BCUT2D eigenvalue weighted by atomic mass is 9.87. The van der Waals surface area contributed by atoms with E-state index in [1.807, 2.05) is 0 Å². The SMILES string of the molecule is CC(C)(C)CCC(NN)c1csc2ccccc12. The van der Waals surface area contributed by atoms with Gasteiger partial charge in [-0.25, -0.2) is 0 Å². The van der Waals surface area contributed by atoms with Crippen molar-refractivity contribution in [3.63, 3.8) is 0 Å². The Morgan fingerprint density at radius 3 is 2.67 bits per heavy atom. The molecule has 0 aliphatic rings. The maximum absolute atomic E-state index is 5.74. The van der Waals surface area contributed by atoms with E-state index in [4.69, 9.17) is 5.84 Å². The van der Waals surface area contributed by atoms with E-state index in [0.717, 1.165) is 12.8 Å². The van der Waals surface area contributed by atoms with Crippen LogP contribution in [0.3, 0.4) is 0 Å². The lowest BCUT2D eigenvalue weighted by molar-refractivity contribution is 0.334. The molecule has 0 fully saturated rings. The van der Waals surface area contributed by atoms with Crippen molar-refractivity contribution in [1.29, 1.82) is 0 Å². The zero-order chi connectivity index (χ0) is 13.2. The number of hydrogen-bond acceptors (Lipinski definition) is 3.